The van der Waals surface area contributed by atoms with Crippen LogP contribution in [0.1, 0.15) is 48.1 Å². The minimum absolute atomic E-state index is 0.221. The Bertz CT molecular complexity index is 584. The van der Waals surface area contributed by atoms with E-state index in [1.54, 1.807) is 11.3 Å². The first kappa shape index (κ1) is 16.1. The maximum absolute atomic E-state index is 5.90. The van der Waals surface area contributed by atoms with Gasteiger partial charge in [-0.05, 0) is 42.5 Å². The van der Waals surface area contributed by atoms with Gasteiger partial charge in [0.05, 0.1) is 0 Å². The molecule has 0 fully saturated rings. The molecule has 0 amide bonds. The van der Waals surface area contributed by atoms with Gasteiger partial charge in [0.25, 0.3) is 0 Å². The number of hydrogen-bond acceptors (Lipinski definition) is 3. The van der Waals surface area contributed by atoms with E-state index in [9.17, 15) is 0 Å². The molecule has 1 heterocycles. The molecular weight excluding hydrogens is 278 g/mol. The first-order valence-corrected chi connectivity index (χ1v) is 8.29. The Morgan fingerprint density at radius 1 is 1.19 bits per heavy atom. The number of nitrogens with two attached hydrogens (primary N) is 1. The lowest BCUT2D eigenvalue weighted by Crippen LogP contribution is -2.15. The van der Waals surface area contributed by atoms with E-state index in [0.29, 0.717) is 13.2 Å². The number of hydrogen-bond donors (Lipinski definition) is 1. The average molecular weight is 303 g/mol. The monoisotopic (exact) mass is 303 g/mol. The van der Waals surface area contributed by atoms with E-state index in [2.05, 4.69) is 58.0 Å². The first-order valence-electron chi connectivity index (χ1n) is 7.48. The van der Waals surface area contributed by atoms with Crippen molar-refractivity contribution in [1.82, 2.24) is 0 Å². The fourth-order valence-corrected chi connectivity index (χ4v) is 3.13. The van der Waals surface area contributed by atoms with E-state index in [-0.39, 0.29) is 5.41 Å². The Balaban J connectivity index is 2.02. The van der Waals surface area contributed by atoms with E-state index in [0.717, 1.165) is 12.2 Å². The Labute approximate surface area is 132 Å². The van der Waals surface area contributed by atoms with E-state index in [4.69, 9.17) is 10.5 Å². The fourth-order valence-electron chi connectivity index (χ4n) is 2.20. The molecule has 0 saturated heterocycles. The molecule has 0 aliphatic rings. The summed E-state index contributed by atoms with van der Waals surface area (Å²) < 4.78 is 5.90. The van der Waals surface area contributed by atoms with Crippen LogP contribution in [0, 0.1) is 6.92 Å². The van der Waals surface area contributed by atoms with Gasteiger partial charge in [-0.1, -0.05) is 32.9 Å². The van der Waals surface area contributed by atoms with Crippen molar-refractivity contribution in [1.29, 1.82) is 0 Å². The molecule has 2 rings (SSSR count). The number of rotatable bonds is 6. The summed E-state index contributed by atoms with van der Waals surface area (Å²) in [6, 6.07) is 10.6. The van der Waals surface area contributed by atoms with Gasteiger partial charge in [-0.2, -0.15) is 0 Å². The maximum Gasteiger partial charge on any atom is 0.119 e. The molecular formula is C18H25NOS. The summed E-state index contributed by atoms with van der Waals surface area (Å²) in [6.07, 6.45) is 1.13. The Morgan fingerprint density at radius 3 is 2.38 bits per heavy atom. The van der Waals surface area contributed by atoms with Crippen LogP contribution in [-0.4, -0.2) is 0 Å². The highest BCUT2D eigenvalue weighted by Crippen LogP contribution is 2.28. The molecule has 114 valence electrons. The van der Waals surface area contributed by atoms with E-state index < -0.39 is 0 Å². The van der Waals surface area contributed by atoms with E-state index in [1.165, 1.54) is 20.9 Å². The van der Waals surface area contributed by atoms with Crippen molar-refractivity contribution in [3.8, 4) is 5.75 Å². The van der Waals surface area contributed by atoms with Crippen LogP contribution in [0.4, 0.5) is 0 Å². The van der Waals surface area contributed by atoms with Crippen LogP contribution >= 0.6 is 11.3 Å². The molecule has 1 aromatic carbocycles. The van der Waals surface area contributed by atoms with Crippen LogP contribution in [-0.2, 0) is 18.6 Å². The standard InChI is InChI=1S/C18H25NOS/c1-5-18(3,4)15-6-8-16(9-7-15)20-12-14-10-17(11-19)21-13(14)2/h6-10H,5,11-12,19H2,1-4H3. The van der Waals surface area contributed by atoms with E-state index >= 15 is 0 Å². The van der Waals surface area contributed by atoms with Gasteiger partial charge in [-0.15, -0.1) is 11.3 Å². The lowest BCUT2D eigenvalue weighted by atomic mass is 9.82. The van der Waals surface area contributed by atoms with Crippen LogP contribution in [0.3, 0.4) is 0 Å². The van der Waals surface area contributed by atoms with Crippen LogP contribution in [0.25, 0.3) is 0 Å². The molecule has 2 aromatic rings. The highest BCUT2D eigenvalue weighted by Gasteiger charge is 2.17. The van der Waals surface area contributed by atoms with Crippen molar-refractivity contribution < 1.29 is 4.74 Å². The second-order valence-electron chi connectivity index (χ2n) is 6.05. The van der Waals surface area contributed by atoms with Crippen molar-refractivity contribution in [2.24, 2.45) is 5.73 Å². The van der Waals surface area contributed by atoms with Gasteiger partial charge in [0, 0.05) is 21.9 Å². The number of aryl methyl sites for hydroxylation is 1. The van der Waals surface area contributed by atoms with Crippen LogP contribution in [0.15, 0.2) is 30.3 Å². The van der Waals surface area contributed by atoms with Crippen molar-refractivity contribution in [2.45, 2.75) is 52.7 Å². The Hall–Kier alpha value is -1.32. The van der Waals surface area contributed by atoms with Gasteiger partial charge in [0.1, 0.15) is 12.4 Å². The zero-order valence-corrected chi connectivity index (χ0v) is 14.2. The summed E-state index contributed by atoms with van der Waals surface area (Å²) in [6.45, 7) is 10.1. The maximum atomic E-state index is 5.90. The van der Waals surface area contributed by atoms with Gasteiger partial charge in [-0.25, -0.2) is 0 Å². The molecule has 0 radical (unpaired) electrons. The highest BCUT2D eigenvalue weighted by molar-refractivity contribution is 7.12. The minimum Gasteiger partial charge on any atom is -0.489 e. The Kier molecular flexibility index (Phi) is 5.07. The SMILES string of the molecule is CCC(C)(C)c1ccc(OCc2cc(CN)sc2C)cc1. The number of thiophene rings is 1. The third-order valence-electron chi connectivity index (χ3n) is 4.19. The second kappa shape index (κ2) is 6.63. The van der Waals surface area contributed by atoms with Crippen molar-refractivity contribution in [3.63, 3.8) is 0 Å². The van der Waals surface area contributed by atoms with Gasteiger partial charge in [0.2, 0.25) is 0 Å². The smallest absolute Gasteiger partial charge is 0.119 e. The Morgan fingerprint density at radius 2 is 1.86 bits per heavy atom. The average Bonchev–Trinajstić information content (AvgIpc) is 2.86. The molecule has 0 atom stereocenters. The topological polar surface area (TPSA) is 35.2 Å². The molecule has 0 aliphatic carbocycles. The molecule has 3 heteroatoms. The lowest BCUT2D eigenvalue weighted by Gasteiger charge is -2.23. The zero-order valence-electron chi connectivity index (χ0n) is 13.4. The summed E-state index contributed by atoms with van der Waals surface area (Å²) >= 11 is 1.75. The number of benzene rings is 1. The normalized spacial score (nSPS) is 11.7. The van der Waals surface area contributed by atoms with Gasteiger partial charge < -0.3 is 10.5 Å². The fraction of sp³-hybridized carbons (Fsp3) is 0.444. The summed E-state index contributed by atoms with van der Waals surface area (Å²) in [5, 5.41) is 0. The highest BCUT2D eigenvalue weighted by atomic mass is 32.1. The predicted octanol–water partition coefficient (Wildman–Crippen LogP) is 4.78. The van der Waals surface area contributed by atoms with Crippen LogP contribution < -0.4 is 10.5 Å². The molecule has 2 nitrogen and oxygen atoms in total. The first-order chi connectivity index (χ1) is 9.96. The summed E-state index contributed by atoms with van der Waals surface area (Å²) in [7, 11) is 0. The summed E-state index contributed by atoms with van der Waals surface area (Å²) in [5.41, 5.74) is 8.49. The van der Waals surface area contributed by atoms with Crippen LogP contribution in [0.5, 0.6) is 5.75 Å². The van der Waals surface area contributed by atoms with Crippen molar-refractivity contribution in [2.75, 3.05) is 0 Å². The molecule has 1 aromatic heterocycles. The van der Waals surface area contributed by atoms with Crippen LogP contribution in [0.2, 0.25) is 0 Å². The molecule has 0 aliphatic heterocycles. The lowest BCUT2D eigenvalue weighted by molar-refractivity contribution is 0.305. The molecule has 21 heavy (non-hydrogen) atoms. The van der Waals surface area contributed by atoms with Crippen molar-refractivity contribution >= 4 is 11.3 Å². The summed E-state index contributed by atoms with van der Waals surface area (Å²) in [5.74, 6) is 0.922. The van der Waals surface area contributed by atoms with E-state index in [1.807, 2.05) is 0 Å². The van der Waals surface area contributed by atoms with Gasteiger partial charge in [0.15, 0.2) is 0 Å². The molecule has 0 bridgehead atoms. The number of ether oxygens (including phenoxy) is 1. The largest absolute Gasteiger partial charge is 0.489 e. The van der Waals surface area contributed by atoms with Gasteiger partial charge in [-0.3, -0.25) is 0 Å². The molecule has 0 unspecified atom stereocenters. The quantitative estimate of drug-likeness (QED) is 0.833. The molecule has 2 N–H and O–H groups in total. The third kappa shape index (κ3) is 3.86. The summed E-state index contributed by atoms with van der Waals surface area (Å²) in [4.78, 5) is 2.50. The third-order valence-corrected chi connectivity index (χ3v) is 5.30. The molecule has 0 spiro atoms. The minimum atomic E-state index is 0.221. The predicted molar refractivity (Wildman–Crippen MR) is 91.0 cm³/mol. The second-order valence-corrected chi connectivity index (χ2v) is 7.39. The molecule has 0 saturated carbocycles. The van der Waals surface area contributed by atoms with Gasteiger partial charge >= 0.3 is 0 Å². The zero-order chi connectivity index (χ0) is 15.5. The van der Waals surface area contributed by atoms with Crippen molar-refractivity contribution in [3.05, 3.63) is 51.2 Å².